The lowest BCUT2D eigenvalue weighted by Crippen LogP contribution is -2.46. The topological polar surface area (TPSA) is 72.8 Å². The van der Waals surface area contributed by atoms with Crippen molar-refractivity contribution in [3.8, 4) is 0 Å². The van der Waals surface area contributed by atoms with Gasteiger partial charge >= 0.3 is 6.03 Å². The molecule has 0 aliphatic rings. The smallest absolute Gasteiger partial charge is 0.317 e. The van der Waals surface area contributed by atoms with Crippen LogP contribution < -0.4 is 5.32 Å². The number of carbonyl (C=O) groups is 1. The maximum absolute atomic E-state index is 11.4. The van der Waals surface area contributed by atoms with Crippen LogP contribution in [-0.2, 0) is 0 Å². The average Bonchev–Trinajstić information content (AvgIpc) is 2.01. The van der Waals surface area contributed by atoms with E-state index in [1.165, 1.54) is 4.90 Å². The van der Waals surface area contributed by atoms with Gasteiger partial charge in [-0.05, 0) is 20.8 Å². The van der Waals surface area contributed by atoms with E-state index in [-0.39, 0.29) is 25.7 Å². The summed E-state index contributed by atoms with van der Waals surface area (Å²) in [5.41, 5.74) is 0. The molecule has 14 heavy (non-hydrogen) atoms. The number of urea groups is 1. The van der Waals surface area contributed by atoms with Gasteiger partial charge in [-0.1, -0.05) is 0 Å². The van der Waals surface area contributed by atoms with Crippen LogP contribution >= 0.6 is 0 Å². The number of nitrogens with one attached hydrogen (secondary N) is 1. The molecule has 5 heteroatoms. The molecule has 0 aromatic carbocycles. The summed E-state index contributed by atoms with van der Waals surface area (Å²) in [7, 11) is 0. The van der Waals surface area contributed by atoms with Gasteiger partial charge < -0.3 is 20.4 Å². The van der Waals surface area contributed by atoms with Crippen molar-refractivity contribution in [3.05, 3.63) is 6.92 Å². The maximum atomic E-state index is 11.4. The summed E-state index contributed by atoms with van der Waals surface area (Å²) in [6.07, 6.45) is -1.21. The first-order chi connectivity index (χ1) is 6.47. The van der Waals surface area contributed by atoms with Crippen LogP contribution in [0.25, 0.3) is 0 Å². The maximum Gasteiger partial charge on any atom is 0.317 e. The molecule has 0 aliphatic heterocycles. The van der Waals surface area contributed by atoms with Crippen LogP contribution in [0, 0.1) is 6.92 Å². The Kier molecular flexibility index (Phi) is 6.23. The Morgan fingerprint density at radius 3 is 2.07 bits per heavy atom. The zero-order chi connectivity index (χ0) is 11.1. The van der Waals surface area contributed by atoms with E-state index in [0.29, 0.717) is 0 Å². The van der Waals surface area contributed by atoms with E-state index in [1.807, 2.05) is 0 Å². The number of carbonyl (C=O) groups excluding carboxylic acids is 1. The largest absolute Gasteiger partial charge is 0.392 e. The molecule has 83 valence electrons. The van der Waals surface area contributed by atoms with Crippen molar-refractivity contribution in [1.82, 2.24) is 10.2 Å². The lowest BCUT2D eigenvalue weighted by molar-refractivity contribution is 0.0970. The highest BCUT2D eigenvalue weighted by molar-refractivity contribution is 5.74. The van der Waals surface area contributed by atoms with Gasteiger partial charge in [-0.2, -0.15) is 0 Å². The number of aliphatic hydroxyl groups is 2. The van der Waals surface area contributed by atoms with Crippen molar-refractivity contribution in [2.45, 2.75) is 26.1 Å². The molecule has 3 N–H and O–H groups in total. The van der Waals surface area contributed by atoms with E-state index >= 15 is 0 Å². The molecule has 0 saturated carbocycles. The van der Waals surface area contributed by atoms with Crippen molar-refractivity contribution in [2.75, 3.05) is 19.6 Å². The molecule has 2 unspecified atom stereocenters. The van der Waals surface area contributed by atoms with Gasteiger partial charge in [-0.3, -0.25) is 0 Å². The monoisotopic (exact) mass is 203 g/mol. The summed E-state index contributed by atoms with van der Waals surface area (Å²) < 4.78 is 0. The second kappa shape index (κ2) is 6.62. The van der Waals surface area contributed by atoms with Crippen molar-refractivity contribution in [3.63, 3.8) is 0 Å². The molecule has 1 radical (unpaired) electrons. The third-order valence-electron chi connectivity index (χ3n) is 1.53. The fraction of sp³-hybridized carbons (Fsp3) is 0.778. The average molecular weight is 203 g/mol. The molecule has 0 heterocycles. The van der Waals surface area contributed by atoms with E-state index in [1.54, 1.807) is 13.8 Å². The predicted octanol–water partition coefficient (Wildman–Crippen LogP) is -0.406. The molecular weight excluding hydrogens is 184 g/mol. The minimum Gasteiger partial charge on any atom is -0.392 e. The predicted molar refractivity (Wildman–Crippen MR) is 53.7 cm³/mol. The van der Waals surface area contributed by atoms with Crippen LogP contribution in [0.5, 0.6) is 0 Å². The lowest BCUT2D eigenvalue weighted by Gasteiger charge is -2.25. The second-order valence-corrected chi connectivity index (χ2v) is 3.33. The molecule has 0 aromatic rings. The summed E-state index contributed by atoms with van der Waals surface area (Å²) in [5, 5.41) is 20.8. The first-order valence-corrected chi connectivity index (χ1v) is 4.65. The Hall–Kier alpha value is -0.810. The number of nitrogens with zero attached hydrogens (tertiary/aromatic N) is 1. The third-order valence-corrected chi connectivity index (χ3v) is 1.53. The Labute approximate surface area is 84.7 Å². The van der Waals surface area contributed by atoms with Gasteiger partial charge in [0.2, 0.25) is 0 Å². The van der Waals surface area contributed by atoms with Gasteiger partial charge in [-0.15, -0.1) is 0 Å². The minimum absolute atomic E-state index is 0.205. The SMILES string of the molecule is [CH2]CNC(=O)N(CC(C)O)CC(C)O. The molecule has 0 saturated heterocycles. The number of hydrogen-bond acceptors (Lipinski definition) is 3. The van der Waals surface area contributed by atoms with Crippen molar-refractivity contribution >= 4 is 6.03 Å². The normalized spacial score (nSPS) is 14.6. The Bertz CT molecular complexity index is 161. The van der Waals surface area contributed by atoms with Crippen LogP contribution in [0.15, 0.2) is 0 Å². The Morgan fingerprint density at radius 2 is 1.79 bits per heavy atom. The van der Waals surface area contributed by atoms with Gasteiger partial charge in [-0.25, -0.2) is 4.79 Å². The zero-order valence-electron chi connectivity index (χ0n) is 8.73. The zero-order valence-corrected chi connectivity index (χ0v) is 8.73. The van der Waals surface area contributed by atoms with Crippen LogP contribution in [-0.4, -0.2) is 53.0 Å². The summed E-state index contributed by atoms with van der Waals surface area (Å²) in [5.74, 6) is 0. The summed E-state index contributed by atoms with van der Waals surface area (Å²) in [6.45, 7) is 7.36. The van der Waals surface area contributed by atoms with Gasteiger partial charge in [0.1, 0.15) is 0 Å². The fourth-order valence-electron chi connectivity index (χ4n) is 1.10. The van der Waals surface area contributed by atoms with Gasteiger partial charge in [0.25, 0.3) is 0 Å². The minimum atomic E-state index is -0.607. The van der Waals surface area contributed by atoms with Crippen molar-refractivity contribution in [2.24, 2.45) is 0 Å². The molecule has 2 atom stereocenters. The number of aliphatic hydroxyl groups excluding tert-OH is 2. The van der Waals surface area contributed by atoms with E-state index in [9.17, 15) is 4.79 Å². The first kappa shape index (κ1) is 13.2. The summed E-state index contributed by atoms with van der Waals surface area (Å²) >= 11 is 0. The quantitative estimate of drug-likeness (QED) is 0.569. The van der Waals surface area contributed by atoms with Gasteiger partial charge in [0.05, 0.1) is 12.2 Å². The van der Waals surface area contributed by atoms with Crippen LogP contribution in [0.1, 0.15) is 13.8 Å². The molecule has 0 spiro atoms. The van der Waals surface area contributed by atoms with E-state index in [0.717, 1.165) is 0 Å². The number of hydrogen-bond donors (Lipinski definition) is 3. The number of rotatable bonds is 5. The Balaban J connectivity index is 4.15. The molecule has 0 aliphatic carbocycles. The molecule has 0 aromatic heterocycles. The van der Waals surface area contributed by atoms with Crippen LogP contribution in [0.4, 0.5) is 4.79 Å². The first-order valence-electron chi connectivity index (χ1n) is 4.65. The highest BCUT2D eigenvalue weighted by Crippen LogP contribution is 1.96. The summed E-state index contributed by atoms with van der Waals surface area (Å²) in [6, 6.07) is -0.318. The Morgan fingerprint density at radius 1 is 1.36 bits per heavy atom. The highest BCUT2D eigenvalue weighted by Gasteiger charge is 2.16. The molecule has 2 amide bonds. The van der Waals surface area contributed by atoms with Crippen LogP contribution in [0.3, 0.4) is 0 Å². The molecule has 0 fully saturated rings. The summed E-state index contributed by atoms with van der Waals surface area (Å²) in [4.78, 5) is 12.7. The lowest BCUT2D eigenvalue weighted by atomic mass is 10.3. The van der Waals surface area contributed by atoms with Crippen LogP contribution in [0.2, 0.25) is 0 Å². The van der Waals surface area contributed by atoms with E-state index in [2.05, 4.69) is 12.2 Å². The highest BCUT2D eigenvalue weighted by atomic mass is 16.3. The van der Waals surface area contributed by atoms with E-state index in [4.69, 9.17) is 10.2 Å². The molecular formula is C9H19N2O3. The number of amides is 2. The van der Waals surface area contributed by atoms with Gasteiger partial charge in [0.15, 0.2) is 0 Å². The molecule has 0 rings (SSSR count). The second-order valence-electron chi connectivity index (χ2n) is 3.33. The molecule has 0 bridgehead atoms. The van der Waals surface area contributed by atoms with E-state index < -0.39 is 12.2 Å². The van der Waals surface area contributed by atoms with Crippen molar-refractivity contribution < 1.29 is 15.0 Å². The fourth-order valence-corrected chi connectivity index (χ4v) is 1.10. The van der Waals surface area contributed by atoms with Crippen molar-refractivity contribution in [1.29, 1.82) is 0 Å². The standard InChI is InChI=1S/C9H19N2O3/c1-4-10-9(14)11(5-7(2)12)6-8(3)13/h7-8,12-13H,1,4-6H2,2-3H3,(H,10,14). The third kappa shape index (κ3) is 5.77. The van der Waals surface area contributed by atoms with Gasteiger partial charge in [0, 0.05) is 19.6 Å². The molecule has 5 nitrogen and oxygen atoms in total.